The Balaban J connectivity index is 1.18. The van der Waals surface area contributed by atoms with Crippen LogP contribution in [0.25, 0.3) is 88.7 Å². The molecule has 0 atom stereocenters. The van der Waals surface area contributed by atoms with Crippen molar-refractivity contribution in [1.82, 2.24) is 14.1 Å². The molecule has 4 heterocycles. The van der Waals surface area contributed by atoms with Gasteiger partial charge in [-0.25, -0.2) is 0 Å². The Labute approximate surface area is 342 Å². The van der Waals surface area contributed by atoms with Crippen molar-refractivity contribution >= 4 is 49.8 Å². The van der Waals surface area contributed by atoms with E-state index in [2.05, 4.69) is 225 Å². The average molecular weight is 753 g/mol. The van der Waals surface area contributed by atoms with E-state index in [1.807, 2.05) is 12.4 Å². The van der Waals surface area contributed by atoms with E-state index in [-0.39, 0.29) is 0 Å². The fourth-order valence-electron chi connectivity index (χ4n) is 9.40. The van der Waals surface area contributed by atoms with Gasteiger partial charge in [0.25, 0.3) is 0 Å². The monoisotopic (exact) mass is 752 g/mol. The van der Waals surface area contributed by atoms with Gasteiger partial charge in [0, 0.05) is 62.3 Å². The molecule has 0 aliphatic carbocycles. The predicted octanol–water partition coefficient (Wildman–Crippen LogP) is 14.6. The number of nitrogens with zero attached hydrogens (tertiary/aromatic N) is 4. The molecule has 0 unspecified atom stereocenters. The quantitative estimate of drug-likeness (QED) is 0.175. The number of anilines is 3. The standard InChI is InChI=1S/C55H36N4/c1-3-15-41(16-4-1)57-51-25-13-9-21-46(51)54-47-22-10-14-26-52(47)59(42-17-5-2-6-18-42)55(54)48-36-38(27-28-53(48)57)40-33-39(37-29-31-56-32-30-37)34-43(35-40)58-49-23-11-7-19-44(49)45-20-8-12-24-50(45)58/h1-36H. The van der Waals surface area contributed by atoms with Crippen LogP contribution in [0.15, 0.2) is 219 Å². The van der Waals surface area contributed by atoms with E-state index in [1.165, 1.54) is 49.5 Å². The van der Waals surface area contributed by atoms with Crippen molar-refractivity contribution in [3.8, 4) is 56.0 Å². The first-order chi connectivity index (χ1) is 29.3. The molecule has 0 amide bonds. The van der Waals surface area contributed by atoms with Crippen molar-refractivity contribution in [2.24, 2.45) is 0 Å². The summed E-state index contributed by atoms with van der Waals surface area (Å²) in [5.41, 5.74) is 18.4. The van der Waals surface area contributed by atoms with Crippen molar-refractivity contribution in [2.45, 2.75) is 0 Å². The Morgan fingerprint density at radius 3 is 1.56 bits per heavy atom. The number of pyridine rings is 1. The van der Waals surface area contributed by atoms with Gasteiger partial charge in [0.2, 0.25) is 0 Å². The zero-order chi connectivity index (χ0) is 38.9. The first-order valence-corrected chi connectivity index (χ1v) is 20.1. The van der Waals surface area contributed by atoms with Crippen LogP contribution < -0.4 is 4.90 Å². The van der Waals surface area contributed by atoms with Crippen LogP contribution in [-0.4, -0.2) is 14.1 Å². The summed E-state index contributed by atoms with van der Waals surface area (Å²) >= 11 is 0. The normalized spacial score (nSPS) is 12.0. The summed E-state index contributed by atoms with van der Waals surface area (Å²) in [6.07, 6.45) is 3.76. The molecule has 0 saturated heterocycles. The maximum atomic E-state index is 4.37. The number of fused-ring (bicyclic) bond motifs is 10. The van der Waals surface area contributed by atoms with Gasteiger partial charge in [0.1, 0.15) is 0 Å². The topological polar surface area (TPSA) is 26.0 Å². The lowest BCUT2D eigenvalue weighted by Crippen LogP contribution is -2.11. The van der Waals surface area contributed by atoms with E-state index in [0.29, 0.717) is 0 Å². The SMILES string of the molecule is c1ccc(N2c3ccccc3-c3c(n(-c4ccccc4)c4ccccc34)-c3cc(-c4cc(-c5ccncc5)cc(-n5c6ccccc6c6ccccc65)c4)ccc32)cc1. The molecule has 4 heteroatoms. The Morgan fingerprint density at radius 1 is 0.322 bits per heavy atom. The van der Waals surface area contributed by atoms with Crippen LogP contribution in [-0.2, 0) is 0 Å². The molecule has 4 nitrogen and oxygen atoms in total. The lowest BCUT2D eigenvalue weighted by molar-refractivity contribution is 1.13. The number of rotatable bonds is 5. The van der Waals surface area contributed by atoms with E-state index in [1.54, 1.807) is 0 Å². The highest BCUT2D eigenvalue weighted by Crippen LogP contribution is 2.55. The van der Waals surface area contributed by atoms with Crippen molar-refractivity contribution in [3.05, 3.63) is 219 Å². The molecule has 0 N–H and O–H groups in total. The van der Waals surface area contributed by atoms with Crippen molar-refractivity contribution in [3.63, 3.8) is 0 Å². The third-order valence-corrected chi connectivity index (χ3v) is 11.9. The lowest BCUT2D eigenvalue weighted by atomic mass is 9.94. The van der Waals surface area contributed by atoms with Crippen LogP contribution in [0.5, 0.6) is 0 Å². The van der Waals surface area contributed by atoms with Crippen molar-refractivity contribution in [1.29, 1.82) is 0 Å². The largest absolute Gasteiger partial charge is 0.309 e. The summed E-state index contributed by atoms with van der Waals surface area (Å²) in [5, 5.41) is 3.70. The first-order valence-electron chi connectivity index (χ1n) is 20.1. The highest BCUT2D eigenvalue weighted by molar-refractivity contribution is 6.14. The molecule has 1 aliphatic heterocycles. The van der Waals surface area contributed by atoms with Gasteiger partial charge in [-0.2, -0.15) is 0 Å². The summed E-state index contributed by atoms with van der Waals surface area (Å²) in [7, 11) is 0. The fourth-order valence-corrected chi connectivity index (χ4v) is 9.40. The minimum absolute atomic E-state index is 1.11. The minimum Gasteiger partial charge on any atom is -0.309 e. The maximum absolute atomic E-state index is 4.37. The molecule has 59 heavy (non-hydrogen) atoms. The van der Waals surface area contributed by atoms with E-state index < -0.39 is 0 Å². The zero-order valence-electron chi connectivity index (χ0n) is 32.1. The Morgan fingerprint density at radius 2 is 0.864 bits per heavy atom. The molecule has 1 aliphatic rings. The molecule has 11 aromatic rings. The van der Waals surface area contributed by atoms with E-state index in [9.17, 15) is 0 Å². The maximum Gasteiger partial charge on any atom is 0.0641 e. The number of hydrogen-bond donors (Lipinski definition) is 0. The number of para-hydroxylation sites is 6. The molecule has 8 aromatic carbocycles. The van der Waals surface area contributed by atoms with Crippen molar-refractivity contribution in [2.75, 3.05) is 4.90 Å². The highest BCUT2D eigenvalue weighted by atomic mass is 15.2. The minimum atomic E-state index is 1.11. The average Bonchev–Trinajstić information content (AvgIpc) is 3.80. The second kappa shape index (κ2) is 13.3. The van der Waals surface area contributed by atoms with Gasteiger partial charge in [-0.3, -0.25) is 4.98 Å². The van der Waals surface area contributed by atoms with Gasteiger partial charge in [-0.1, -0.05) is 115 Å². The zero-order valence-corrected chi connectivity index (χ0v) is 32.1. The van der Waals surface area contributed by atoms with Crippen LogP contribution in [0.3, 0.4) is 0 Å². The van der Waals surface area contributed by atoms with Crippen LogP contribution in [0, 0.1) is 0 Å². The van der Waals surface area contributed by atoms with Crippen LogP contribution >= 0.6 is 0 Å². The molecule has 276 valence electrons. The lowest BCUT2D eigenvalue weighted by Gasteiger charge is -2.28. The summed E-state index contributed by atoms with van der Waals surface area (Å²) in [6, 6.07) is 75.1. The third kappa shape index (κ3) is 5.20. The van der Waals surface area contributed by atoms with Crippen LogP contribution in [0.4, 0.5) is 17.1 Å². The van der Waals surface area contributed by atoms with Gasteiger partial charge < -0.3 is 14.0 Å². The molecular weight excluding hydrogens is 717 g/mol. The van der Waals surface area contributed by atoms with Gasteiger partial charge >= 0.3 is 0 Å². The smallest absolute Gasteiger partial charge is 0.0641 e. The van der Waals surface area contributed by atoms with E-state index >= 15 is 0 Å². The Kier molecular flexibility index (Phi) is 7.50. The number of aromatic nitrogens is 3. The van der Waals surface area contributed by atoms with Gasteiger partial charge in [-0.15, -0.1) is 0 Å². The molecule has 12 rings (SSSR count). The fraction of sp³-hybridized carbons (Fsp3) is 0. The molecule has 0 saturated carbocycles. The molecule has 0 bridgehead atoms. The molecule has 0 spiro atoms. The van der Waals surface area contributed by atoms with Gasteiger partial charge in [0.15, 0.2) is 0 Å². The molecule has 0 radical (unpaired) electrons. The molecule has 0 fully saturated rings. The van der Waals surface area contributed by atoms with Crippen LogP contribution in [0.1, 0.15) is 0 Å². The summed E-state index contributed by atoms with van der Waals surface area (Å²) < 4.78 is 4.89. The summed E-state index contributed by atoms with van der Waals surface area (Å²) in [5.74, 6) is 0. The number of hydrogen-bond acceptors (Lipinski definition) is 2. The van der Waals surface area contributed by atoms with Gasteiger partial charge in [0.05, 0.1) is 33.6 Å². The van der Waals surface area contributed by atoms with E-state index in [0.717, 1.165) is 56.3 Å². The summed E-state index contributed by atoms with van der Waals surface area (Å²) in [6.45, 7) is 0. The van der Waals surface area contributed by atoms with Crippen LogP contribution in [0.2, 0.25) is 0 Å². The molecule has 3 aromatic heterocycles. The second-order valence-electron chi connectivity index (χ2n) is 15.2. The Hall–Kier alpha value is -7.95. The second-order valence-corrected chi connectivity index (χ2v) is 15.2. The summed E-state index contributed by atoms with van der Waals surface area (Å²) in [4.78, 5) is 6.81. The third-order valence-electron chi connectivity index (χ3n) is 11.9. The number of benzene rings is 8. The first kappa shape index (κ1) is 33.2. The predicted molar refractivity (Wildman–Crippen MR) is 245 cm³/mol. The van der Waals surface area contributed by atoms with Gasteiger partial charge in [-0.05, 0) is 113 Å². The van der Waals surface area contributed by atoms with Crippen molar-refractivity contribution < 1.29 is 0 Å². The Bertz CT molecular complexity index is 3330. The van der Waals surface area contributed by atoms with E-state index in [4.69, 9.17) is 0 Å². The highest BCUT2D eigenvalue weighted by Gasteiger charge is 2.31. The molecular formula is C55H36N4.